The van der Waals surface area contributed by atoms with Gasteiger partial charge in [0.2, 0.25) is 5.91 Å². The van der Waals surface area contributed by atoms with E-state index in [2.05, 4.69) is 21.2 Å². The van der Waals surface area contributed by atoms with Gasteiger partial charge >= 0.3 is 0 Å². The maximum atomic E-state index is 13.2. The lowest BCUT2D eigenvalue weighted by Gasteiger charge is -2.18. The van der Waals surface area contributed by atoms with Crippen LogP contribution in [-0.2, 0) is 16.0 Å². The van der Waals surface area contributed by atoms with Gasteiger partial charge in [-0.15, -0.1) is 0 Å². The van der Waals surface area contributed by atoms with E-state index in [1.807, 2.05) is 49.4 Å². The van der Waals surface area contributed by atoms with Crippen molar-refractivity contribution in [3.05, 3.63) is 74.7 Å². The molecule has 5 nitrogen and oxygen atoms in total. The minimum atomic E-state index is -0.504. The Labute approximate surface area is 176 Å². The van der Waals surface area contributed by atoms with Crippen LogP contribution in [0.4, 0.5) is 5.69 Å². The molecule has 0 radical (unpaired) electrons. The van der Waals surface area contributed by atoms with Gasteiger partial charge in [0.25, 0.3) is 5.91 Å². The lowest BCUT2D eigenvalue weighted by Crippen LogP contribution is -2.31. The summed E-state index contributed by atoms with van der Waals surface area (Å²) in [5, 5.41) is 12.0. The summed E-state index contributed by atoms with van der Waals surface area (Å²) in [5.41, 5.74) is 2.73. The molecular weight excluding hydrogens is 438 g/mol. The fourth-order valence-electron chi connectivity index (χ4n) is 2.99. The van der Waals surface area contributed by atoms with E-state index < -0.39 is 11.2 Å². The number of anilines is 1. The van der Waals surface area contributed by atoms with Crippen LogP contribution in [-0.4, -0.2) is 24.1 Å². The normalized spacial score (nSPS) is 18.0. The van der Waals surface area contributed by atoms with Crippen LogP contribution in [0.15, 0.2) is 63.6 Å². The monoisotopic (exact) mass is 455 g/mol. The summed E-state index contributed by atoms with van der Waals surface area (Å²) >= 11 is 4.65. The van der Waals surface area contributed by atoms with Gasteiger partial charge in [-0.25, -0.2) is 0 Å². The third-order valence-electron chi connectivity index (χ3n) is 4.32. The van der Waals surface area contributed by atoms with Crippen LogP contribution in [0.1, 0.15) is 11.1 Å². The molecule has 142 valence electrons. The topological polar surface area (TPSA) is 73.2 Å². The molecule has 0 unspecified atom stereocenters. The number of likely N-dealkylation sites (N-methyl/N-ethyl adjacent to an activating group) is 1. The summed E-state index contributed by atoms with van der Waals surface area (Å²) in [7, 11) is 1.47. The second-order valence-corrected chi connectivity index (χ2v) is 8.43. The van der Waals surface area contributed by atoms with Gasteiger partial charge in [-0.3, -0.25) is 14.5 Å². The number of halogens is 1. The zero-order chi connectivity index (χ0) is 20.3. The third-order valence-corrected chi connectivity index (χ3v) is 6.11. The SMILES string of the molecule is CNC(=O)/C(C#N)=C1\S[C@@H](Cc2cccc(C)c2)C(=O)N1c1ccc(Br)cc1. The Morgan fingerprint density at radius 2 is 2.00 bits per heavy atom. The molecule has 1 heterocycles. The smallest absolute Gasteiger partial charge is 0.264 e. The number of thioether (sulfide) groups is 1. The molecule has 1 atom stereocenters. The van der Waals surface area contributed by atoms with Crippen molar-refractivity contribution in [3.8, 4) is 6.07 Å². The molecule has 2 aromatic carbocycles. The number of amides is 2. The van der Waals surface area contributed by atoms with E-state index in [9.17, 15) is 14.9 Å². The molecule has 7 heteroatoms. The van der Waals surface area contributed by atoms with Crippen molar-refractivity contribution in [1.29, 1.82) is 5.26 Å². The summed E-state index contributed by atoms with van der Waals surface area (Å²) in [6.07, 6.45) is 0.522. The Kier molecular flexibility index (Phi) is 6.22. The van der Waals surface area contributed by atoms with Gasteiger partial charge < -0.3 is 5.32 Å². The minimum absolute atomic E-state index is 0.0597. The van der Waals surface area contributed by atoms with Crippen molar-refractivity contribution < 1.29 is 9.59 Å². The molecule has 3 rings (SSSR count). The highest BCUT2D eigenvalue weighted by atomic mass is 79.9. The van der Waals surface area contributed by atoms with Gasteiger partial charge in [0, 0.05) is 17.2 Å². The number of nitriles is 1. The predicted octanol–water partition coefficient (Wildman–Crippen LogP) is 3.93. The predicted molar refractivity (Wildman–Crippen MR) is 115 cm³/mol. The first-order valence-electron chi connectivity index (χ1n) is 8.62. The molecule has 1 aliphatic rings. The average Bonchev–Trinajstić information content (AvgIpc) is 2.99. The second-order valence-electron chi connectivity index (χ2n) is 6.32. The van der Waals surface area contributed by atoms with E-state index in [4.69, 9.17) is 0 Å². The summed E-state index contributed by atoms with van der Waals surface area (Å²) < 4.78 is 0.879. The summed E-state index contributed by atoms with van der Waals surface area (Å²) in [6.45, 7) is 2.01. The van der Waals surface area contributed by atoms with Crippen LogP contribution in [0.3, 0.4) is 0 Å². The highest BCUT2D eigenvalue weighted by Gasteiger charge is 2.40. The van der Waals surface area contributed by atoms with Crippen molar-refractivity contribution in [2.75, 3.05) is 11.9 Å². The molecular formula is C21H18BrN3O2S. The number of nitrogens with one attached hydrogen (secondary N) is 1. The van der Waals surface area contributed by atoms with Gasteiger partial charge in [-0.05, 0) is 43.2 Å². The van der Waals surface area contributed by atoms with E-state index in [-0.39, 0.29) is 11.5 Å². The fourth-order valence-corrected chi connectivity index (χ4v) is 4.56. The molecule has 1 N–H and O–H groups in total. The summed E-state index contributed by atoms with van der Waals surface area (Å²) in [5.74, 6) is -0.642. The van der Waals surface area contributed by atoms with E-state index >= 15 is 0 Å². The summed E-state index contributed by atoms with van der Waals surface area (Å²) in [4.78, 5) is 26.9. The number of hydrogen-bond acceptors (Lipinski definition) is 4. The molecule has 0 spiro atoms. The largest absolute Gasteiger partial charge is 0.354 e. The first-order valence-corrected chi connectivity index (χ1v) is 10.3. The standard InChI is InChI=1S/C21H18BrN3O2S/c1-13-4-3-5-14(10-13)11-18-20(27)25(16-8-6-15(22)7-9-16)21(28-18)17(12-23)19(26)24-2/h3-10,18H,11H2,1-2H3,(H,24,26)/b21-17-/t18-/m0/s1. The molecule has 0 saturated carbocycles. The highest BCUT2D eigenvalue weighted by molar-refractivity contribution is 9.10. The maximum absolute atomic E-state index is 13.2. The molecule has 28 heavy (non-hydrogen) atoms. The fraction of sp³-hybridized carbons (Fsp3) is 0.190. The van der Waals surface area contributed by atoms with E-state index in [0.717, 1.165) is 15.6 Å². The Morgan fingerprint density at radius 3 is 2.61 bits per heavy atom. The minimum Gasteiger partial charge on any atom is -0.354 e. The molecule has 1 saturated heterocycles. The van der Waals surface area contributed by atoms with Crippen LogP contribution in [0.5, 0.6) is 0 Å². The number of hydrogen-bond donors (Lipinski definition) is 1. The van der Waals surface area contributed by atoms with Gasteiger partial charge in [0.05, 0.1) is 5.25 Å². The lowest BCUT2D eigenvalue weighted by molar-refractivity contribution is -0.117. The number of aryl methyl sites for hydroxylation is 1. The van der Waals surface area contributed by atoms with Gasteiger partial charge in [-0.1, -0.05) is 57.5 Å². The number of rotatable bonds is 4. The van der Waals surface area contributed by atoms with Crippen molar-refractivity contribution in [2.45, 2.75) is 18.6 Å². The van der Waals surface area contributed by atoms with Crippen LogP contribution in [0.25, 0.3) is 0 Å². The molecule has 0 aromatic heterocycles. The van der Waals surface area contributed by atoms with Gasteiger partial charge in [0.1, 0.15) is 16.7 Å². The first-order chi connectivity index (χ1) is 13.4. The van der Waals surface area contributed by atoms with E-state index in [1.165, 1.54) is 23.7 Å². The molecule has 0 aliphatic carbocycles. The number of carbonyl (C=O) groups excluding carboxylic acids is 2. The average molecular weight is 456 g/mol. The van der Waals surface area contributed by atoms with Crippen LogP contribution in [0, 0.1) is 18.3 Å². The van der Waals surface area contributed by atoms with Crippen molar-refractivity contribution >= 4 is 45.2 Å². The van der Waals surface area contributed by atoms with Crippen LogP contribution >= 0.6 is 27.7 Å². The van der Waals surface area contributed by atoms with Crippen LogP contribution < -0.4 is 10.2 Å². The zero-order valence-corrected chi connectivity index (χ0v) is 17.8. The summed E-state index contributed by atoms with van der Waals surface area (Å²) in [6, 6.07) is 17.2. The zero-order valence-electron chi connectivity index (χ0n) is 15.4. The van der Waals surface area contributed by atoms with Gasteiger partial charge in [-0.2, -0.15) is 5.26 Å². The van der Waals surface area contributed by atoms with Crippen molar-refractivity contribution in [1.82, 2.24) is 5.32 Å². The van der Waals surface area contributed by atoms with Gasteiger partial charge in [0.15, 0.2) is 0 Å². The second kappa shape index (κ2) is 8.63. The molecule has 2 aromatic rings. The first kappa shape index (κ1) is 20.2. The van der Waals surface area contributed by atoms with Crippen LogP contribution in [0.2, 0.25) is 0 Å². The number of benzene rings is 2. The third kappa shape index (κ3) is 4.13. The lowest BCUT2D eigenvalue weighted by atomic mass is 10.1. The Morgan fingerprint density at radius 1 is 1.29 bits per heavy atom. The number of carbonyl (C=O) groups is 2. The Bertz CT molecular complexity index is 995. The molecule has 1 fully saturated rings. The highest BCUT2D eigenvalue weighted by Crippen LogP contribution is 2.42. The molecule has 1 aliphatic heterocycles. The maximum Gasteiger partial charge on any atom is 0.264 e. The molecule has 2 amide bonds. The van der Waals surface area contributed by atoms with Crippen molar-refractivity contribution in [3.63, 3.8) is 0 Å². The number of nitrogens with zero attached hydrogens (tertiary/aromatic N) is 2. The van der Waals surface area contributed by atoms with Crippen molar-refractivity contribution in [2.24, 2.45) is 0 Å². The Balaban J connectivity index is 2.04. The van der Waals surface area contributed by atoms with E-state index in [1.54, 1.807) is 12.1 Å². The molecule has 0 bridgehead atoms. The Hall–Kier alpha value is -2.56. The quantitative estimate of drug-likeness (QED) is 0.559. The van der Waals surface area contributed by atoms with E-state index in [0.29, 0.717) is 17.1 Å².